The summed E-state index contributed by atoms with van der Waals surface area (Å²) in [5, 5.41) is 4.63. The van der Waals surface area contributed by atoms with Crippen LogP contribution in [0.25, 0.3) is 0 Å². The average molecular weight is 227 g/mol. The maximum absolute atomic E-state index is 2.40. The van der Waals surface area contributed by atoms with Crippen molar-refractivity contribution in [2.45, 2.75) is 23.7 Å². The zero-order chi connectivity index (χ0) is 10.2. The number of nitrogens with zero attached hydrogens (tertiary/aromatic N) is 1. The van der Waals surface area contributed by atoms with Crippen molar-refractivity contribution in [1.82, 2.24) is 4.90 Å². The van der Waals surface area contributed by atoms with E-state index in [4.69, 9.17) is 0 Å². The van der Waals surface area contributed by atoms with Crippen LogP contribution in [0.4, 0.5) is 0 Å². The molecule has 1 atom stereocenters. The molecule has 1 nitrogen and oxygen atoms in total. The van der Waals surface area contributed by atoms with E-state index in [-0.39, 0.29) is 0 Å². The second-order valence-electron chi connectivity index (χ2n) is 4.55. The van der Waals surface area contributed by atoms with Crippen molar-refractivity contribution in [3.05, 3.63) is 16.3 Å². The van der Waals surface area contributed by atoms with E-state index in [1.54, 1.807) is 5.56 Å². The molecule has 0 saturated carbocycles. The molecule has 0 aromatic carbocycles. The zero-order valence-corrected chi connectivity index (χ0v) is 10.7. The predicted octanol–water partition coefficient (Wildman–Crippen LogP) is 3.06. The summed E-state index contributed by atoms with van der Waals surface area (Å²) >= 11 is 3.87. The van der Waals surface area contributed by atoms with E-state index in [0.717, 1.165) is 0 Å². The Morgan fingerprint density at radius 3 is 2.93 bits per heavy atom. The van der Waals surface area contributed by atoms with Gasteiger partial charge in [0.1, 0.15) is 0 Å². The van der Waals surface area contributed by atoms with Crippen LogP contribution in [0.2, 0.25) is 0 Å². The van der Waals surface area contributed by atoms with Crippen LogP contribution in [0.1, 0.15) is 18.9 Å². The Balaban J connectivity index is 2.11. The molecule has 0 N–H and O–H groups in total. The van der Waals surface area contributed by atoms with Gasteiger partial charge in [0.2, 0.25) is 0 Å². The van der Waals surface area contributed by atoms with Crippen LogP contribution in [0, 0.1) is 0 Å². The minimum atomic E-state index is 0.421. The highest BCUT2D eigenvalue weighted by atomic mass is 32.2. The fraction of sp³-hybridized carbons (Fsp3) is 0.636. The number of hydrogen-bond acceptors (Lipinski definition) is 3. The Labute approximate surface area is 94.5 Å². The molecule has 0 amide bonds. The van der Waals surface area contributed by atoms with Gasteiger partial charge < -0.3 is 4.90 Å². The summed E-state index contributed by atoms with van der Waals surface area (Å²) in [7, 11) is 4.31. The minimum Gasteiger partial charge on any atom is -0.309 e. The Morgan fingerprint density at radius 2 is 2.21 bits per heavy atom. The molecule has 2 heterocycles. The van der Waals surface area contributed by atoms with Crippen LogP contribution in [0.15, 0.2) is 15.7 Å². The van der Waals surface area contributed by atoms with Gasteiger partial charge in [0.25, 0.3) is 0 Å². The molecule has 1 aromatic rings. The molecular weight excluding hydrogens is 210 g/mol. The van der Waals surface area contributed by atoms with Gasteiger partial charge >= 0.3 is 0 Å². The van der Waals surface area contributed by atoms with E-state index >= 15 is 0 Å². The van der Waals surface area contributed by atoms with Gasteiger partial charge in [-0.3, -0.25) is 0 Å². The lowest BCUT2D eigenvalue weighted by atomic mass is 9.83. The van der Waals surface area contributed by atoms with Crippen molar-refractivity contribution in [3.8, 4) is 0 Å². The SMILES string of the molecule is CN(C)CCC1(C)CSc2cscc21. The van der Waals surface area contributed by atoms with E-state index < -0.39 is 0 Å². The summed E-state index contributed by atoms with van der Waals surface area (Å²) in [5.41, 5.74) is 2.01. The highest BCUT2D eigenvalue weighted by Crippen LogP contribution is 2.47. The molecule has 3 heteroatoms. The maximum atomic E-state index is 2.40. The third kappa shape index (κ3) is 1.86. The molecular formula is C11H17NS2. The Morgan fingerprint density at radius 1 is 1.43 bits per heavy atom. The number of hydrogen-bond donors (Lipinski definition) is 0. The quantitative estimate of drug-likeness (QED) is 0.781. The molecule has 0 radical (unpaired) electrons. The molecule has 1 aliphatic rings. The highest BCUT2D eigenvalue weighted by Gasteiger charge is 2.35. The first-order valence-electron chi connectivity index (χ1n) is 4.96. The van der Waals surface area contributed by atoms with Crippen LogP contribution in [0.5, 0.6) is 0 Å². The van der Waals surface area contributed by atoms with E-state index in [1.165, 1.54) is 23.6 Å². The van der Waals surface area contributed by atoms with Gasteiger partial charge in [0, 0.05) is 21.4 Å². The van der Waals surface area contributed by atoms with Crippen LogP contribution >= 0.6 is 23.1 Å². The average Bonchev–Trinajstić information content (AvgIpc) is 2.68. The third-order valence-electron chi connectivity index (χ3n) is 2.93. The monoisotopic (exact) mass is 227 g/mol. The van der Waals surface area contributed by atoms with Crippen LogP contribution < -0.4 is 0 Å². The fourth-order valence-electron chi connectivity index (χ4n) is 1.83. The lowest BCUT2D eigenvalue weighted by Gasteiger charge is -2.25. The number of thioether (sulfide) groups is 1. The van der Waals surface area contributed by atoms with Crippen LogP contribution in [0.3, 0.4) is 0 Å². The molecule has 2 rings (SSSR count). The summed E-state index contributed by atoms with van der Waals surface area (Å²) in [6.07, 6.45) is 1.27. The third-order valence-corrected chi connectivity index (χ3v) is 5.26. The molecule has 1 aliphatic heterocycles. The fourth-order valence-corrected chi connectivity index (χ4v) is 4.44. The molecule has 0 saturated heterocycles. The smallest absolute Gasteiger partial charge is 0.0217 e. The molecule has 14 heavy (non-hydrogen) atoms. The molecule has 0 aliphatic carbocycles. The van der Waals surface area contributed by atoms with Crippen molar-refractivity contribution in [1.29, 1.82) is 0 Å². The van der Waals surface area contributed by atoms with Gasteiger partial charge in [-0.15, -0.1) is 11.8 Å². The Bertz CT molecular complexity index is 319. The lowest BCUT2D eigenvalue weighted by Crippen LogP contribution is -2.27. The molecule has 0 fully saturated rings. The predicted molar refractivity (Wildman–Crippen MR) is 65.6 cm³/mol. The van der Waals surface area contributed by atoms with Crippen molar-refractivity contribution in [3.63, 3.8) is 0 Å². The van der Waals surface area contributed by atoms with Gasteiger partial charge in [0.15, 0.2) is 0 Å². The summed E-state index contributed by atoms with van der Waals surface area (Å²) in [6.45, 7) is 3.59. The van der Waals surface area contributed by atoms with E-state index in [0.29, 0.717) is 5.41 Å². The Kier molecular flexibility index (Phi) is 2.91. The summed E-state index contributed by atoms with van der Waals surface area (Å²) in [6, 6.07) is 0. The van der Waals surface area contributed by atoms with Gasteiger partial charge in [-0.25, -0.2) is 0 Å². The summed E-state index contributed by atoms with van der Waals surface area (Å²) in [4.78, 5) is 3.80. The number of fused-ring (bicyclic) bond motifs is 1. The van der Waals surface area contributed by atoms with Crippen LogP contribution in [-0.2, 0) is 5.41 Å². The van der Waals surface area contributed by atoms with Gasteiger partial charge in [-0.1, -0.05) is 6.92 Å². The molecule has 1 aromatic heterocycles. The first kappa shape index (κ1) is 10.5. The largest absolute Gasteiger partial charge is 0.309 e. The Hall–Kier alpha value is 0.0100. The van der Waals surface area contributed by atoms with Crippen molar-refractivity contribution >= 4 is 23.1 Å². The van der Waals surface area contributed by atoms with Gasteiger partial charge in [0.05, 0.1) is 0 Å². The van der Waals surface area contributed by atoms with E-state index in [2.05, 4.69) is 36.7 Å². The standard InChI is InChI=1S/C11H17NS2/c1-11(4-5-12(2)3)8-14-10-7-13-6-9(10)11/h6-7H,4-5,8H2,1-3H3. The first-order chi connectivity index (χ1) is 6.62. The first-order valence-corrected chi connectivity index (χ1v) is 6.89. The van der Waals surface area contributed by atoms with Crippen molar-refractivity contribution in [2.24, 2.45) is 0 Å². The number of thiophene rings is 1. The zero-order valence-electron chi connectivity index (χ0n) is 9.04. The molecule has 0 bridgehead atoms. The topological polar surface area (TPSA) is 3.24 Å². The summed E-state index contributed by atoms with van der Waals surface area (Å²) < 4.78 is 0. The van der Waals surface area contributed by atoms with Crippen LogP contribution in [-0.4, -0.2) is 31.3 Å². The van der Waals surface area contributed by atoms with Crippen molar-refractivity contribution < 1.29 is 0 Å². The second kappa shape index (κ2) is 3.87. The van der Waals surface area contributed by atoms with Gasteiger partial charge in [-0.05, 0) is 38.0 Å². The molecule has 1 unspecified atom stereocenters. The lowest BCUT2D eigenvalue weighted by molar-refractivity contribution is 0.347. The highest BCUT2D eigenvalue weighted by molar-refractivity contribution is 7.99. The molecule has 0 spiro atoms. The molecule has 78 valence electrons. The van der Waals surface area contributed by atoms with Crippen molar-refractivity contribution in [2.75, 3.05) is 26.4 Å². The minimum absolute atomic E-state index is 0.421. The van der Waals surface area contributed by atoms with Gasteiger partial charge in [-0.2, -0.15) is 11.3 Å². The number of rotatable bonds is 3. The summed E-state index contributed by atoms with van der Waals surface area (Å²) in [5.74, 6) is 1.26. The van der Waals surface area contributed by atoms with E-state index in [9.17, 15) is 0 Å². The second-order valence-corrected chi connectivity index (χ2v) is 6.31. The maximum Gasteiger partial charge on any atom is 0.0217 e. The van der Waals surface area contributed by atoms with E-state index in [1.807, 2.05) is 23.1 Å². The normalized spacial score (nSPS) is 25.7.